The van der Waals surface area contributed by atoms with Gasteiger partial charge in [-0.25, -0.2) is 0 Å². The number of phenolic OH excluding ortho intramolecular Hbond substituents is 1. The van der Waals surface area contributed by atoms with Crippen LogP contribution in [0.15, 0.2) is 12.1 Å². The van der Waals surface area contributed by atoms with Crippen molar-refractivity contribution >= 4 is 0 Å². The number of ether oxygens (including phenoxy) is 1. The van der Waals surface area contributed by atoms with Gasteiger partial charge in [0.25, 0.3) is 0 Å². The molecule has 3 aliphatic rings. The average Bonchev–Trinajstić information content (AvgIpc) is 2.87. The Morgan fingerprint density at radius 1 is 1.19 bits per heavy atom. The minimum absolute atomic E-state index is 0.0365. The summed E-state index contributed by atoms with van der Waals surface area (Å²) in [5, 5.41) is 20.5. The van der Waals surface area contributed by atoms with Crippen LogP contribution in [0.25, 0.3) is 0 Å². The third-order valence-corrected chi connectivity index (χ3v) is 7.15. The molecule has 0 aliphatic heterocycles. The molecule has 0 aromatic heterocycles. The molecule has 26 heavy (non-hydrogen) atoms. The Hall–Kier alpha value is -1.43. The van der Waals surface area contributed by atoms with Gasteiger partial charge in [0.1, 0.15) is 0 Å². The number of fused-ring (bicyclic) bond motifs is 5. The second-order valence-corrected chi connectivity index (χ2v) is 8.48. The lowest BCUT2D eigenvalue weighted by Crippen LogP contribution is -2.43. The van der Waals surface area contributed by atoms with E-state index in [9.17, 15) is 23.4 Å². The molecule has 0 amide bonds. The summed E-state index contributed by atoms with van der Waals surface area (Å²) in [4.78, 5) is 0. The molecule has 1 aromatic rings. The van der Waals surface area contributed by atoms with E-state index in [2.05, 4.69) is 6.92 Å². The summed E-state index contributed by atoms with van der Waals surface area (Å²) in [7, 11) is 0. The van der Waals surface area contributed by atoms with Crippen molar-refractivity contribution in [1.29, 1.82) is 0 Å². The van der Waals surface area contributed by atoms with Gasteiger partial charge in [0.2, 0.25) is 0 Å². The normalized spacial score (nSPS) is 36.2. The molecule has 1 aromatic carbocycles. The molecular formula is C20H25F3O3. The number of alkyl halides is 3. The zero-order valence-electron chi connectivity index (χ0n) is 14.9. The van der Waals surface area contributed by atoms with Crippen molar-refractivity contribution in [3.63, 3.8) is 0 Å². The molecule has 3 nitrogen and oxygen atoms in total. The molecular weight excluding hydrogens is 345 g/mol. The number of aryl methyl sites for hydroxylation is 1. The Morgan fingerprint density at radius 3 is 2.69 bits per heavy atom. The summed E-state index contributed by atoms with van der Waals surface area (Å²) in [5.41, 5.74) is 2.01. The molecule has 5 atom stereocenters. The van der Waals surface area contributed by atoms with Crippen LogP contribution in [-0.2, 0) is 6.42 Å². The van der Waals surface area contributed by atoms with Crippen molar-refractivity contribution in [2.24, 2.45) is 17.3 Å². The molecule has 2 fully saturated rings. The molecule has 3 aliphatic carbocycles. The number of phenols is 1. The van der Waals surface area contributed by atoms with Gasteiger partial charge in [-0.3, -0.25) is 0 Å². The van der Waals surface area contributed by atoms with Gasteiger partial charge >= 0.3 is 6.18 Å². The monoisotopic (exact) mass is 370 g/mol. The molecule has 2 N–H and O–H groups in total. The Balaban J connectivity index is 1.63. The Morgan fingerprint density at radius 2 is 1.96 bits per heavy atom. The van der Waals surface area contributed by atoms with Crippen molar-refractivity contribution in [3.8, 4) is 11.5 Å². The fraction of sp³-hybridized carbons (Fsp3) is 0.700. The van der Waals surface area contributed by atoms with Crippen molar-refractivity contribution in [2.75, 3.05) is 6.61 Å². The highest BCUT2D eigenvalue weighted by atomic mass is 19.4. The standard InChI is InChI=1S/C20H25F3O3/c1-19-7-6-12-13(15(19)4-5-18(19)25)3-2-11-8-16(24)17(9-14(11)12)26-10-20(21,22)23/h8-9,12-13,15,18,24-25H,2-7,10H2,1H3/t12-,13+,15+,18+,19+/m1/s1. The van der Waals surface area contributed by atoms with Crippen molar-refractivity contribution in [3.05, 3.63) is 23.3 Å². The van der Waals surface area contributed by atoms with E-state index in [1.807, 2.05) is 0 Å². The minimum Gasteiger partial charge on any atom is -0.504 e. The molecule has 0 spiro atoms. The second-order valence-electron chi connectivity index (χ2n) is 8.48. The first kappa shape index (κ1) is 18.0. The number of aromatic hydroxyl groups is 1. The van der Waals surface area contributed by atoms with Crippen LogP contribution >= 0.6 is 0 Å². The van der Waals surface area contributed by atoms with Gasteiger partial charge in [-0.1, -0.05) is 6.92 Å². The van der Waals surface area contributed by atoms with Gasteiger partial charge in [0.05, 0.1) is 6.10 Å². The number of rotatable bonds is 2. The predicted octanol–water partition coefficient (Wildman–Crippen LogP) is 4.55. The molecule has 0 bridgehead atoms. The third-order valence-electron chi connectivity index (χ3n) is 7.15. The topological polar surface area (TPSA) is 49.7 Å². The maximum absolute atomic E-state index is 12.5. The second kappa shape index (κ2) is 6.04. The molecule has 0 heterocycles. The minimum atomic E-state index is -4.43. The van der Waals surface area contributed by atoms with Crippen LogP contribution in [-0.4, -0.2) is 29.1 Å². The van der Waals surface area contributed by atoms with Crippen LogP contribution in [0, 0.1) is 17.3 Å². The highest BCUT2D eigenvalue weighted by Gasteiger charge is 2.54. The number of aliphatic hydroxyl groups excluding tert-OH is 1. The molecule has 2 saturated carbocycles. The van der Waals surface area contributed by atoms with E-state index < -0.39 is 12.8 Å². The average molecular weight is 370 g/mol. The Kier molecular flexibility index (Phi) is 4.17. The van der Waals surface area contributed by atoms with Crippen molar-refractivity contribution in [2.45, 2.75) is 63.6 Å². The maximum atomic E-state index is 12.5. The van der Waals surface area contributed by atoms with E-state index in [1.165, 1.54) is 0 Å². The lowest BCUT2D eigenvalue weighted by atomic mass is 9.55. The summed E-state index contributed by atoms with van der Waals surface area (Å²) in [6, 6.07) is 3.20. The SMILES string of the molecule is C[C@]12CC[C@H]3c4cc(OCC(F)(F)F)c(O)cc4CC[C@@H]3[C@@H]1CC[C@@H]2O. The van der Waals surface area contributed by atoms with Crippen LogP contribution in [0.5, 0.6) is 11.5 Å². The van der Waals surface area contributed by atoms with Gasteiger partial charge in [0, 0.05) is 0 Å². The van der Waals surface area contributed by atoms with Crippen LogP contribution in [0.1, 0.15) is 56.1 Å². The molecule has 0 radical (unpaired) electrons. The lowest BCUT2D eigenvalue weighted by Gasteiger charge is -2.50. The number of hydrogen-bond acceptors (Lipinski definition) is 3. The van der Waals surface area contributed by atoms with Gasteiger partial charge < -0.3 is 14.9 Å². The Labute approximate surface area is 151 Å². The number of benzene rings is 1. The van der Waals surface area contributed by atoms with Crippen LogP contribution in [0.2, 0.25) is 0 Å². The first-order valence-electron chi connectivity index (χ1n) is 9.42. The van der Waals surface area contributed by atoms with E-state index in [-0.39, 0.29) is 28.9 Å². The quantitative estimate of drug-likeness (QED) is 0.803. The molecule has 6 heteroatoms. The molecule has 0 saturated heterocycles. The van der Waals surface area contributed by atoms with E-state index in [1.54, 1.807) is 12.1 Å². The number of halogens is 3. The van der Waals surface area contributed by atoms with E-state index >= 15 is 0 Å². The van der Waals surface area contributed by atoms with Crippen LogP contribution in [0.4, 0.5) is 13.2 Å². The largest absolute Gasteiger partial charge is 0.504 e. The molecule has 4 rings (SSSR count). The van der Waals surface area contributed by atoms with E-state index in [0.717, 1.165) is 49.7 Å². The molecule has 144 valence electrons. The zero-order valence-corrected chi connectivity index (χ0v) is 14.9. The summed E-state index contributed by atoms with van der Waals surface area (Å²) in [5.74, 6) is 0.872. The predicted molar refractivity (Wildman–Crippen MR) is 90.3 cm³/mol. The smallest absolute Gasteiger partial charge is 0.422 e. The molecule has 0 unspecified atom stereocenters. The number of hydrogen-bond donors (Lipinski definition) is 2. The van der Waals surface area contributed by atoms with Crippen LogP contribution < -0.4 is 4.74 Å². The fourth-order valence-electron chi connectivity index (χ4n) is 5.84. The van der Waals surface area contributed by atoms with Gasteiger partial charge in [-0.2, -0.15) is 13.2 Å². The zero-order chi connectivity index (χ0) is 18.7. The summed E-state index contributed by atoms with van der Waals surface area (Å²) >= 11 is 0. The first-order valence-corrected chi connectivity index (χ1v) is 9.42. The highest BCUT2D eigenvalue weighted by molar-refractivity contribution is 5.49. The first-order chi connectivity index (χ1) is 12.2. The van der Waals surface area contributed by atoms with E-state index in [4.69, 9.17) is 4.74 Å². The van der Waals surface area contributed by atoms with Gasteiger partial charge in [-0.15, -0.1) is 0 Å². The van der Waals surface area contributed by atoms with Gasteiger partial charge in [-0.05, 0) is 85.0 Å². The van der Waals surface area contributed by atoms with Gasteiger partial charge in [0.15, 0.2) is 18.1 Å². The number of aliphatic hydroxyl groups is 1. The van der Waals surface area contributed by atoms with Crippen molar-refractivity contribution < 1.29 is 28.1 Å². The highest BCUT2D eigenvalue weighted by Crippen LogP contribution is 2.61. The Bertz CT molecular complexity index is 702. The van der Waals surface area contributed by atoms with Crippen molar-refractivity contribution in [1.82, 2.24) is 0 Å². The summed E-state index contributed by atoms with van der Waals surface area (Å²) in [6.07, 6.45) is 0.845. The van der Waals surface area contributed by atoms with E-state index in [0.29, 0.717) is 11.8 Å². The van der Waals surface area contributed by atoms with Crippen LogP contribution in [0.3, 0.4) is 0 Å². The summed E-state index contributed by atoms with van der Waals surface area (Å²) < 4.78 is 42.3. The third kappa shape index (κ3) is 2.86. The summed E-state index contributed by atoms with van der Waals surface area (Å²) in [6.45, 7) is 0.788. The fourth-order valence-corrected chi connectivity index (χ4v) is 5.84. The lowest BCUT2D eigenvalue weighted by molar-refractivity contribution is -0.153. The maximum Gasteiger partial charge on any atom is 0.422 e.